The van der Waals surface area contributed by atoms with E-state index in [-0.39, 0.29) is 8.07 Å². The minimum Gasteiger partial charge on any atom is -0.385 e. The van der Waals surface area contributed by atoms with Crippen LogP contribution >= 0.6 is 8.07 Å². The molecule has 0 radical (unpaired) electrons. The number of methoxy groups -OCH3 is 1. The maximum Gasteiger partial charge on any atom is 0.0466 e. The highest BCUT2D eigenvalue weighted by Gasteiger charge is 2.29. The standard InChI is InChI=1S/C20H44NOP/c1-8-10-11-12-13-15-20(9-2)23(17-14-16-22-7)21(18(3)4)19(5)6/h18-20H,8-17H2,1-7H3. The number of hydrogen-bond acceptors (Lipinski definition) is 2. The van der Waals surface area contributed by atoms with E-state index in [1.165, 1.54) is 57.5 Å². The van der Waals surface area contributed by atoms with Crippen LogP contribution in [-0.2, 0) is 4.74 Å². The van der Waals surface area contributed by atoms with Gasteiger partial charge in [-0.3, -0.25) is 4.67 Å². The molecule has 140 valence electrons. The van der Waals surface area contributed by atoms with Gasteiger partial charge in [-0.15, -0.1) is 0 Å². The van der Waals surface area contributed by atoms with E-state index in [2.05, 4.69) is 46.2 Å². The lowest BCUT2D eigenvalue weighted by molar-refractivity contribution is 0.199. The molecule has 0 N–H and O–H groups in total. The van der Waals surface area contributed by atoms with Crippen LogP contribution in [0.5, 0.6) is 0 Å². The third-order valence-electron chi connectivity index (χ3n) is 4.62. The molecule has 0 spiro atoms. The SMILES string of the molecule is CCCCCCCC(CC)P(CCCOC)N(C(C)C)C(C)C. The lowest BCUT2D eigenvalue weighted by Gasteiger charge is -2.42. The first-order valence-corrected chi connectivity index (χ1v) is 11.6. The first-order chi connectivity index (χ1) is 11.0. The van der Waals surface area contributed by atoms with Gasteiger partial charge in [0.15, 0.2) is 0 Å². The summed E-state index contributed by atoms with van der Waals surface area (Å²) in [7, 11) is 1.78. The fourth-order valence-corrected chi connectivity index (χ4v) is 7.11. The van der Waals surface area contributed by atoms with Gasteiger partial charge in [0.1, 0.15) is 0 Å². The molecular weight excluding hydrogens is 301 g/mol. The number of rotatable bonds is 15. The molecule has 0 aliphatic carbocycles. The van der Waals surface area contributed by atoms with E-state index in [0.717, 1.165) is 12.3 Å². The van der Waals surface area contributed by atoms with Crippen molar-refractivity contribution in [1.29, 1.82) is 0 Å². The molecule has 0 aromatic rings. The minimum absolute atomic E-state index is 0.0493. The van der Waals surface area contributed by atoms with E-state index in [0.29, 0.717) is 12.1 Å². The summed E-state index contributed by atoms with van der Waals surface area (Å²) in [6, 6.07) is 1.30. The summed E-state index contributed by atoms with van der Waals surface area (Å²) in [6.45, 7) is 15.1. The van der Waals surface area contributed by atoms with Gasteiger partial charge >= 0.3 is 0 Å². The van der Waals surface area contributed by atoms with Gasteiger partial charge in [-0.1, -0.05) is 46.0 Å². The maximum atomic E-state index is 5.32. The first-order valence-electron chi connectivity index (χ1n) is 10.0. The first kappa shape index (κ1) is 23.4. The summed E-state index contributed by atoms with van der Waals surface area (Å²) in [4.78, 5) is 0. The van der Waals surface area contributed by atoms with Gasteiger partial charge in [-0.05, 0) is 66.9 Å². The van der Waals surface area contributed by atoms with Crippen molar-refractivity contribution in [3.63, 3.8) is 0 Å². The molecule has 2 unspecified atom stereocenters. The quantitative estimate of drug-likeness (QED) is 0.242. The smallest absolute Gasteiger partial charge is 0.0466 e. The van der Waals surface area contributed by atoms with Crippen LogP contribution in [-0.4, -0.2) is 42.3 Å². The van der Waals surface area contributed by atoms with Crippen LogP contribution in [0.1, 0.15) is 92.9 Å². The summed E-state index contributed by atoms with van der Waals surface area (Å²) in [6.07, 6.45) is 12.3. The van der Waals surface area contributed by atoms with Gasteiger partial charge in [-0.25, -0.2) is 0 Å². The molecule has 0 aromatic carbocycles. The van der Waals surface area contributed by atoms with Crippen LogP contribution < -0.4 is 0 Å². The van der Waals surface area contributed by atoms with Crippen LogP contribution in [0.4, 0.5) is 0 Å². The zero-order valence-corrected chi connectivity index (χ0v) is 18.0. The van der Waals surface area contributed by atoms with Gasteiger partial charge in [0.2, 0.25) is 0 Å². The third kappa shape index (κ3) is 10.0. The van der Waals surface area contributed by atoms with E-state index in [1.54, 1.807) is 0 Å². The molecule has 0 fully saturated rings. The number of ether oxygens (including phenoxy) is 1. The lowest BCUT2D eigenvalue weighted by atomic mass is 10.1. The highest BCUT2D eigenvalue weighted by Crippen LogP contribution is 2.51. The van der Waals surface area contributed by atoms with Gasteiger partial charge in [-0.2, -0.15) is 0 Å². The number of nitrogens with zero attached hydrogens (tertiary/aromatic N) is 1. The molecule has 23 heavy (non-hydrogen) atoms. The van der Waals surface area contributed by atoms with Crippen LogP contribution in [0, 0.1) is 0 Å². The minimum atomic E-state index is -0.0493. The molecule has 0 aliphatic rings. The summed E-state index contributed by atoms with van der Waals surface area (Å²) in [5, 5.41) is 0. The van der Waals surface area contributed by atoms with Crippen LogP contribution in [0.15, 0.2) is 0 Å². The Morgan fingerprint density at radius 3 is 1.96 bits per heavy atom. The summed E-state index contributed by atoms with van der Waals surface area (Å²) in [5.74, 6) is 0. The van der Waals surface area contributed by atoms with Crippen molar-refractivity contribution >= 4 is 8.07 Å². The monoisotopic (exact) mass is 345 g/mol. The van der Waals surface area contributed by atoms with E-state index in [9.17, 15) is 0 Å². The highest BCUT2D eigenvalue weighted by molar-refractivity contribution is 7.56. The van der Waals surface area contributed by atoms with Gasteiger partial charge in [0.05, 0.1) is 0 Å². The van der Waals surface area contributed by atoms with Gasteiger partial charge in [0.25, 0.3) is 0 Å². The molecule has 0 saturated heterocycles. The lowest BCUT2D eigenvalue weighted by Crippen LogP contribution is -2.36. The molecule has 3 heteroatoms. The van der Waals surface area contributed by atoms with Crippen LogP contribution in [0.25, 0.3) is 0 Å². The van der Waals surface area contributed by atoms with Gasteiger partial charge < -0.3 is 4.74 Å². The number of hydrogen-bond donors (Lipinski definition) is 0. The summed E-state index contributed by atoms with van der Waals surface area (Å²) >= 11 is 0. The van der Waals surface area contributed by atoms with Crippen molar-refractivity contribution in [1.82, 2.24) is 4.67 Å². The predicted octanol–water partition coefficient (Wildman–Crippen LogP) is 6.68. The Balaban J connectivity index is 4.75. The molecule has 0 aliphatic heterocycles. The summed E-state index contributed by atoms with van der Waals surface area (Å²) in [5.41, 5.74) is 0.897. The molecule has 0 amide bonds. The van der Waals surface area contributed by atoms with E-state index >= 15 is 0 Å². The molecule has 0 aromatic heterocycles. The summed E-state index contributed by atoms with van der Waals surface area (Å²) < 4.78 is 8.15. The Morgan fingerprint density at radius 1 is 0.870 bits per heavy atom. The average molecular weight is 346 g/mol. The Kier molecular flexibility index (Phi) is 14.9. The predicted molar refractivity (Wildman–Crippen MR) is 108 cm³/mol. The Labute approximate surface area is 148 Å². The van der Waals surface area contributed by atoms with Crippen molar-refractivity contribution in [2.45, 2.75) is 111 Å². The topological polar surface area (TPSA) is 12.5 Å². The molecule has 0 saturated carbocycles. The van der Waals surface area contributed by atoms with Crippen molar-refractivity contribution in [2.75, 3.05) is 19.9 Å². The average Bonchev–Trinajstić information content (AvgIpc) is 2.49. The van der Waals surface area contributed by atoms with E-state index < -0.39 is 0 Å². The van der Waals surface area contributed by atoms with Crippen molar-refractivity contribution in [2.24, 2.45) is 0 Å². The second-order valence-corrected chi connectivity index (χ2v) is 9.86. The zero-order chi connectivity index (χ0) is 17.7. The second-order valence-electron chi connectivity index (χ2n) is 7.34. The van der Waals surface area contributed by atoms with Crippen LogP contribution in [0.3, 0.4) is 0 Å². The Morgan fingerprint density at radius 2 is 1.48 bits per heavy atom. The fraction of sp³-hybridized carbons (Fsp3) is 1.00. The second kappa shape index (κ2) is 14.7. The molecule has 2 atom stereocenters. The third-order valence-corrected chi connectivity index (χ3v) is 8.38. The Hall–Kier alpha value is 0.350. The van der Waals surface area contributed by atoms with Crippen molar-refractivity contribution in [3.05, 3.63) is 0 Å². The van der Waals surface area contributed by atoms with E-state index in [4.69, 9.17) is 4.74 Å². The normalized spacial score (nSPS) is 14.9. The zero-order valence-electron chi connectivity index (χ0n) is 17.1. The van der Waals surface area contributed by atoms with Crippen LogP contribution in [0.2, 0.25) is 0 Å². The highest BCUT2D eigenvalue weighted by atomic mass is 31.1. The van der Waals surface area contributed by atoms with E-state index in [1.807, 2.05) is 7.11 Å². The van der Waals surface area contributed by atoms with Crippen molar-refractivity contribution in [3.8, 4) is 0 Å². The molecule has 0 bridgehead atoms. The fourth-order valence-electron chi connectivity index (χ4n) is 3.59. The molecule has 2 nitrogen and oxygen atoms in total. The maximum absolute atomic E-state index is 5.32. The van der Waals surface area contributed by atoms with Crippen molar-refractivity contribution < 1.29 is 4.74 Å². The molecule has 0 heterocycles. The Bertz CT molecular complexity index is 250. The number of unbranched alkanes of at least 4 members (excludes halogenated alkanes) is 4. The molecule has 0 rings (SSSR count). The largest absolute Gasteiger partial charge is 0.385 e. The van der Waals surface area contributed by atoms with Gasteiger partial charge in [0, 0.05) is 25.8 Å². The molecular formula is C20H44NOP.